The van der Waals surface area contributed by atoms with Crippen molar-refractivity contribution >= 4 is 11.7 Å². The first kappa shape index (κ1) is 19.2. The number of carbonyl (C=O) groups is 1. The molecule has 2 aromatic rings. The number of carboxylic acids is 1. The first-order valence-electron chi connectivity index (χ1n) is 9.22. The SMILES string of the molecule is Cc1cc(N)cc(C(OC(C)(C)C)C(=O)O)c1-c1ccc2c(c1)CCCO2. The lowest BCUT2D eigenvalue weighted by Crippen LogP contribution is -2.28. The summed E-state index contributed by atoms with van der Waals surface area (Å²) in [7, 11) is 0. The average molecular weight is 369 g/mol. The van der Waals surface area contributed by atoms with E-state index in [0.717, 1.165) is 47.5 Å². The zero-order valence-electron chi connectivity index (χ0n) is 16.3. The maximum Gasteiger partial charge on any atom is 0.337 e. The molecule has 0 saturated heterocycles. The molecule has 1 heterocycles. The van der Waals surface area contributed by atoms with Crippen molar-refractivity contribution in [2.75, 3.05) is 12.3 Å². The Balaban J connectivity index is 2.17. The molecule has 5 heteroatoms. The summed E-state index contributed by atoms with van der Waals surface area (Å²) in [6.45, 7) is 8.22. The van der Waals surface area contributed by atoms with Crippen LogP contribution in [0, 0.1) is 6.92 Å². The number of hydrogen-bond acceptors (Lipinski definition) is 4. The highest BCUT2D eigenvalue weighted by Gasteiger charge is 2.30. The molecule has 0 saturated carbocycles. The average Bonchev–Trinajstić information content (AvgIpc) is 2.57. The van der Waals surface area contributed by atoms with Crippen molar-refractivity contribution in [1.82, 2.24) is 0 Å². The molecule has 0 bridgehead atoms. The van der Waals surface area contributed by atoms with E-state index in [-0.39, 0.29) is 0 Å². The third-order valence-corrected chi connectivity index (χ3v) is 4.56. The molecule has 2 aromatic carbocycles. The molecule has 1 atom stereocenters. The minimum atomic E-state index is -1.10. The van der Waals surface area contributed by atoms with Crippen LogP contribution in [-0.4, -0.2) is 23.3 Å². The minimum absolute atomic E-state index is 0.524. The van der Waals surface area contributed by atoms with Crippen molar-refractivity contribution in [1.29, 1.82) is 0 Å². The molecule has 1 aliphatic rings. The van der Waals surface area contributed by atoms with Crippen molar-refractivity contribution in [2.45, 2.75) is 52.2 Å². The third kappa shape index (κ3) is 4.25. The molecule has 0 radical (unpaired) electrons. The summed E-state index contributed by atoms with van der Waals surface area (Å²) in [4.78, 5) is 12.0. The van der Waals surface area contributed by atoms with Gasteiger partial charge < -0.3 is 20.3 Å². The summed E-state index contributed by atoms with van der Waals surface area (Å²) in [6, 6.07) is 9.60. The van der Waals surface area contributed by atoms with Gasteiger partial charge in [-0.05, 0) is 87.1 Å². The maximum absolute atomic E-state index is 12.0. The van der Waals surface area contributed by atoms with Gasteiger partial charge in [-0.2, -0.15) is 0 Å². The smallest absolute Gasteiger partial charge is 0.337 e. The highest BCUT2D eigenvalue weighted by Crippen LogP contribution is 2.39. The molecular formula is C22H27NO4. The van der Waals surface area contributed by atoms with E-state index in [9.17, 15) is 9.90 Å². The van der Waals surface area contributed by atoms with Crippen molar-refractivity contribution < 1.29 is 19.4 Å². The molecule has 1 aliphatic heterocycles. The molecule has 27 heavy (non-hydrogen) atoms. The van der Waals surface area contributed by atoms with Gasteiger partial charge in [0.05, 0.1) is 12.2 Å². The second kappa shape index (κ2) is 7.24. The van der Waals surface area contributed by atoms with Crippen molar-refractivity contribution in [3.63, 3.8) is 0 Å². The third-order valence-electron chi connectivity index (χ3n) is 4.56. The Morgan fingerprint density at radius 1 is 1.26 bits per heavy atom. The van der Waals surface area contributed by atoms with Gasteiger partial charge >= 0.3 is 5.97 Å². The molecule has 144 valence electrons. The van der Waals surface area contributed by atoms with Crippen LogP contribution in [0.5, 0.6) is 5.75 Å². The molecule has 5 nitrogen and oxygen atoms in total. The van der Waals surface area contributed by atoms with E-state index in [1.54, 1.807) is 6.07 Å². The topological polar surface area (TPSA) is 81.8 Å². The number of ether oxygens (including phenoxy) is 2. The van der Waals surface area contributed by atoms with Crippen LogP contribution in [0.3, 0.4) is 0 Å². The van der Waals surface area contributed by atoms with E-state index in [1.807, 2.05) is 45.9 Å². The van der Waals surface area contributed by atoms with Crippen LogP contribution in [-0.2, 0) is 16.0 Å². The molecular weight excluding hydrogens is 342 g/mol. The lowest BCUT2D eigenvalue weighted by Gasteiger charge is -2.28. The van der Waals surface area contributed by atoms with Crippen LogP contribution in [0.2, 0.25) is 0 Å². The predicted octanol–water partition coefficient (Wildman–Crippen LogP) is 4.51. The number of benzene rings is 2. The van der Waals surface area contributed by atoms with Crippen LogP contribution in [0.1, 0.15) is 50.0 Å². The van der Waals surface area contributed by atoms with E-state index in [4.69, 9.17) is 15.2 Å². The Labute approximate surface area is 160 Å². The summed E-state index contributed by atoms with van der Waals surface area (Å²) in [6.07, 6.45) is 0.830. The Bertz CT molecular complexity index is 867. The highest BCUT2D eigenvalue weighted by atomic mass is 16.5. The van der Waals surface area contributed by atoms with Gasteiger partial charge in [0, 0.05) is 11.3 Å². The monoisotopic (exact) mass is 369 g/mol. The zero-order chi connectivity index (χ0) is 19.8. The number of aliphatic carboxylic acids is 1. The van der Waals surface area contributed by atoms with Crippen LogP contribution >= 0.6 is 0 Å². The van der Waals surface area contributed by atoms with E-state index in [0.29, 0.717) is 11.3 Å². The molecule has 3 rings (SSSR count). The predicted molar refractivity (Wildman–Crippen MR) is 106 cm³/mol. The summed E-state index contributed by atoms with van der Waals surface area (Å²) in [5.41, 5.74) is 10.4. The fraction of sp³-hybridized carbons (Fsp3) is 0.409. The Hall–Kier alpha value is -2.53. The van der Waals surface area contributed by atoms with Gasteiger partial charge in [-0.3, -0.25) is 0 Å². The van der Waals surface area contributed by atoms with Gasteiger partial charge in [-0.25, -0.2) is 4.79 Å². The van der Waals surface area contributed by atoms with Gasteiger partial charge in [0.2, 0.25) is 0 Å². The van der Waals surface area contributed by atoms with E-state index >= 15 is 0 Å². The standard InChI is InChI=1S/C22H27NO4/c1-13-10-16(23)12-17(20(21(24)25)27-22(2,3)4)19(13)15-7-8-18-14(11-15)6-5-9-26-18/h7-8,10-12,20H,5-6,9,23H2,1-4H3,(H,24,25). The molecule has 3 N–H and O–H groups in total. The van der Waals surface area contributed by atoms with E-state index in [2.05, 4.69) is 6.07 Å². The number of hydrogen-bond donors (Lipinski definition) is 2. The van der Waals surface area contributed by atoms with Gasteiger partial charge in [0.15, 0.2) is 6.10 Å². The molecule has 0 fully saturated rings. The Kier molecular flexibility index (Phi) is 5.16. The number of aryl methyl sites for hydroxylation is 2. The number of rotatable bonds is 4. The number of fused-ring (bicyclic) bond motifs is 1. The number of nitrogens with two attached hydrogens (primary N) is 1. The van der Waals surface area contributed by atoms with Gasteiger partial charge in [0.25, 0.3) is 0 Å². The van der Waals surface area contributed by atoms with Crippen LogP contribution in [0.4, 0.5) is 5.69 Å². The quantitative estimate of drug-likeness (QED) is 0.775. The normalized spacial score (nSPS) is 15.0. The number of nitrogen functional groups attached to an aromatic ring is 1. The first-order valence-corrected chi connectivity index (χ1v) is 9.22. The Morgan fingerprint density at radius 3 is 2.67 bits per heavy atom. The lowest BCUT2D eigenvalue weighted by molar-refractivity contribution is -0.160. The van der Waals surface area contributed by atoms with Gasteiger partial charge in [-0.1, -0.05) is 6.07 Å². The lowest BCUT2D eigenvalue weighted by atomic mass is 9.89. The molecule has 0 aromatic heterocycles. The van der Waals surface area contributed by atoms with Crippen molar-refractivity contribution in [3.8, 4) is 16.9 Å². The maximum atomic E-state index is 12.0. The molecule has 0 spiro atoms. The van der Waals surface area contributed by atoms with Gasteiger partial charge in [0.1, 0.15) is 5.75 Å². The second-order valence-electron chi connectivity index (χ2n) is 8.03. The van der Waals surface area contributed by atoms with Crippen LogP contribution in [0.25, 0.3) is 11.1 Å². The van der Waals surface area contributed by atoms with Crippen LogP contribution < -0.4 is 10.5 Å². The van der Waals surface area contributed by atoms with Gasteiger partial charge in [-0.15, -0.1) is 0 Å². The Morgan fingerprint density at radius 2 is 2.00 bits per heavy atom. The van der Waals surface area contributed by atoms with E-state index in [1.165, 1.54) is 0 Å². The van der Waals surface area contributed by atoms with Crippen LogP contribution in [0.15, 0.2) is 30.3 Å². The van der Waals surface area contributed by atoms with Crippen molar-refractivity contribution in [2.24, 2.45) is 0 Å². The summed E-state index contributed by atoms with van der Waals surface area (Å²) < 4.78 is 11.6. The summed E-state index contributed by atoms with van der Waals surface area (Å²) in [5.74, 6) is -0.127. The summed E-state index contributed by atoms with van der Waals surface area (Å²) in [5, 5.41) is 9.85. The molecule has 1 unspecified atom stereocenters. The minimum Gasteiger partial charge on any atom is -0.493 e. The molecule has 0 aliphatic carbocycles. The fourth-order valence-corrected chi connectivity index (χ4v) is 3.56. The number of carboxylic acid groups (broad SMARTS) is 1. The first-order chi connectivity index (χ1) is 12.7. The summed E-state index contributed by atoms with van der Waals surface area (Å²) >= 11 is 0. The molecule has 0 amide bonds. The largest absolute Gasteiger partial charge is 0.493 e. The highest BCUT2D eigenvalue weighted by molar-refractivity contribution is 5.83. The number of anilines is 1. The zero-order valence-corrected chi connectivity index (χ0v) is 16.3. The fourth-order valence-electron chi connectivity index (χ4n) is 3.56. The van der Waals surface area contributed by atoms with Crippen molar-refractivity contribution in [3.05, 3.63) is 47.0 Å². The van der Waals surface area contributed by atoms with E-state index < -0.39 is 17.7 Å². The second-order valence-corrected chi connectivity index (χ2v) is 8.03.